The number of carbonyl (C=O) groups excluding carboxylic acids is 1. The number of hydrogen-bond donors (Lipinski definition) is 2. The summed E-state index contributed by atoms with van der Waals surface area (Å²) in [7, 11) is 0. The van der Waals surface area contributed by atoms with E-state index in [9.17, 15) is 18.0 Å². The minimum atomic E-state index is -4.46. The Kier molecular flexibility index (Phi) is 3.61. The van der Waals surface area contributed by atoms with E-state index in [0.29, 0.717) is 11.2 Å². The van der Waals surface area contributed by atoms with E-state index in [1.54, 1.807) is 18.3 Å². The van der Waals surface area contributed by atoms with Crippen molar-refractivity contribution < 1.29 is 18.0 Å². The molecule has 0 fully saturated rings. The lowest BCUT2D eigenvalue weighted by Crippen LogP contribution is -2.13. The lowest BCUT2D eigenvalue weighted by Gasteiger charge is -2.05. The second-order valence-corrected chi connectivity index (χ2v) is 5.68. The summed E-state index contributed by atoms with van der Waals surface area (Å²) in [5.41, 5.74) is 0.844. The fourth-order valence-corrected chi connectivity index (χ4v) is 2.63. The molecule has 2 aromatic carbocycles. The number of amides is 1. The molecule has 2 aromatic heterocycles. The minimum Gasteiger partial charge on any atom is -0.334 e. The van der Waals surface area contributed by atoms with Crippen LogP contribution in [0.25, 0.3) is 21.9 Å². The van der Waals surface area contributed by atoms with Crippen LogP contribution in [-0.2, 0) is 6.18 Å². The summed E-state index contributed by atoms with van der Waals surface area (Å²) in [5, 5.41) is 3.59. The molecule has 0 bridgehead atoms. The normalized spacial score (nSPS) is 11.8. The minimum absolute atomic E-state index is 0.0690. The van der Waals surface area contributed by atoms with Crippen molar-refractivity contribution in [2.24, 2.45) is 0 Å². The molecular formula is C18H11F3N4O. The number of aromatic amines is 1. The molecule has 4 rings (SSSR count). The summed E-state index contributed by atoms with van der Waals surface area (Å²) >= 11 is 0. The first-order chi connectivity index (χ1) is 12.4. The molecule has 0 radical (unpaired) electrons. The molecule has 26 heavy (non-hydrogen) atoms. The fraction of sp³-hybridized carbons (Fsp3) is 0.0556. The number of hydrogen-bond acceptors (Lipinski definition) is 3. The zero-order chi connectivity index (χ0) is 18.3. The Bertz CT molecular complexity index is 1130. The Labute approximate surface area is 144 Å². The first-order valence-electron chi connectivity index (χ1n) is 7.63. The van der Waals surface area contributed by atoms with Crippen molar-refractivity contribution >= 4 is 33.5 Å². The van der Waals surface area contributed by atoms with Gasteiger partial charge in [-0.1, -0.05) is 12.1 Å². The van der Waals surface area contributed by atoms with E-state index in [0.717, 1.165) is 17.5 Å². The van der Waals surface area contributed by atoms with Crippen molar-refractivity contribution in [2.75, 3.05) is 5.32 Å². The van der Waals surface area contributed by atoms with Gasteiger partial charge in [-0.25, -0.2) is 4.98 Å². The monoisotopic (exact) mass is 356 g/mol. The summed E-state index contributed by atoms with van der Waals surface area (Å²) < 4.78 is 38.3. The third kappa shape index (κ3) is 2.97. The van der Waals surface area contributed by atoms with Crippen molar-refractivity contribution in [2.45, 2.75) is 6.18 Å². The summed E-state index contributed by atoms with van der Waals surface area (Å²) in [5.74, 6) is -0.620. The van der Waals surface area contributed by atoms with Gasteiger partial charge in [-0.05, 0) is 36.4 Å². The Balaban J connectivity index is 1.62. The second kappa shape index (κ2) is 5.83. The number of anilines is 1. The topological polar surface area (TPSA) is 70.7 Å². The van der Waals surface area contributed by atoms with Gasteiger partial charge in [0.15, 0.2) is 5.82 Å². The molecule has 1 amide bonds. The van der Waals surface area contributed by atoms with Gasteiger partial charge in [-0.15, -0.1) is 0 Å². The number of benzene rings is 2. The molecule has 0 aliphatic carbocycles. The molecule has 0 unspecified atom stereocenters. The average molecular weight is 356 g/mol. The summed E-state index contributed by atoms with van der Waals surface area (Å²) in [6, 6.07) is 12.0. The van der Waals surface area contributed by atoms with E-state index in [2.05, 4.69) is 20.3 Å². The number of halogens is 3. The van der Waals surface area contributed by atoms with Crippen LogP contribution in [0.3, 0.4) is 0 Å². The molecule has 5 nitrogen and oxygen atoms in total. The van der Waals surface area contributed by atoms with Crippen molar-refractivity contribution in [3.05, 3.63) is 66.1 Å². The van der Waals surface area contributed by atoms with Gasteiger partial charge in [-0.2, -0.15) is 13.2 Å². The van der Waals surface area contributed by atoms with E-state index in [-0.39, 0.29) is 16.9 Å². The van der Waals surface area contributed by atoms with Gasteiger partial charge in [0.1, 0.15) is 0 Å². The van der Waals surface area contributed by atoms with Crippen molar-refractivity contribution in [1.29, 1.82) is 0 Å². The molecule has 2 heterocycles. The Morgan fingerprint density at radius 1 is 1.04 bits per heavy atom. The van der Waals surface area contributed by atoms with Crippen molar-refractivity contribution in [3.8, 4) is 0 Å². The predicted molar refractivity (Wildman–Crippen MR) is 90.8 cm³/mol. The van der Waals surface area contributed by atoms with Gasteiger partial charge in [-0.3, -0.25) is 9.78 Å². The number of H-pyrrole nitrogens is 1. The van der Waals surface area contributed by atoms with Crippen molar-refractivity contribution in [3.63, 3.8) is 0 Å². The second-order valence-electron chi connectivity index (χ2n) is 5.68. The highest BCUT2D eigenvalue weighted by Crippen LogP contribution is 2.30. The Morgan fingerprint density at radius 3 is 2.69 bits per heavy atom. The van der Waals surface area contributed by atoms with Gasteiger partial charge in [0.2, 0.25) is 0 Å². The highest BCUT2D eigenvalue weighted by molar-refractivity contribution is 6.04. The number of imidazole rings is 1. The molecule has 2 N–H and O–H groups in total. The van der Waals surface area contributed by atoms with Gasteiger partial charge in [0, 0.05) is 17.3 Å². The highest BCUT2D eigenvalue weighted by atomic mass is 19.4. The highest BCUT2D eigenvalue weighted by Gasteiger charge is 2.30. The van der Waals surface area contributed by atoms with Crippen LogP contribution in [0.4, 0.5) is 18.9 Å². The van der Waals surface area contributed by atoms with E-state index in [1.165, 1.54) is 6.07 Å². The molecule has 8 heteroatoms. The zero-order valence-corrected chi connectivity index (χ0v) is 13.1. The molecule has 4 aromatic rings. The molecule has 0 saturated heterocycles. The third-order valence-corrected chi connectivity index (χ3v) is 3.89. The number of rotatable bonds is 2. The lowest BCUT2D eigenvalue weighted by molar-refractivity contribution is -0.137. The van der Waals surface area contributed by atoms with E-state index in [1.807, 2.05) is 18.2 Å². The predicted octanol–water partition coefficient (Wildman–Crippen LogP) is 4.38. The SMILES string of the molecule is O=C(Nc1ccc2cccnc2c1)c1nc2ccc(C(F)(F)F)cc2[nH]1. The molecule has 0 atom stereocenters. The summed E-state index contributed by atoms with van der Waals surface area (Å²) in [4.78, 5) is 23.2. The third-order valence-electron chi connectivity index (χ3n) is 3.89. The number of nitrogens with one attached hydrogen (secondary N) is 2. The number of aromatic nitrogens is 3. The van der Waals surface area contributed by atoms with E-state index in [4.69, 9.17) is 0 Å². The smallest absolute Gasteiger partial charge is 0.334 e. The Hall–Kier alpha value is -3.42. The van der Waals surface area contributed by atoms with Crippen LogP contribution in [0.5, 0.6) is 0 Å². The standard InChI is InChI=1S/C18H11F3N4O/c19-18(20,21)11-4-6-13-15(8-11)25-16(24-13)17(26)23-12-5-3-10-2-1-7-22-14(10)9-12/h1-9H,(H,23,26)(H,24,25). The maximum atomic E-state index is 12.8. The largest absolute Gasteiger partial charge is 0.416 e. The van der Waals surface area contributed by atoms with Crippen molar-refractivity contribution in [1.82, 2.24) is 15.0 Å². The quantitative estimate of drug-likeness (QED) is 0.560. The lowest BCUT2D eigenvalue weighted by atomic mass is 10.2. The summed E-state index contributed by atoms with van der Waals surface area (Å²) in [6.45, 7) is 0. The average Bonchev–Trinajstić information content (AvgIpc) is 3.04. The molecule has 0 aliphatic heterocycles. The summed E-state index contributed by atoms with van der Waals surface area (Å²) in [6.07, 6.45) is -2.81. The Morgan fingerprint density at radius 2 is 1.88 bits per heavy atom. The first-order valence-corrected chi connectivity index (χ1v) is 7.63. The fourth-order valence-electron chi connectivity index (χ4n) is 2.63. The maximum absolute atomic E-state index is 12.8. The zero-order valence-electron chi connectivity index (χ0n) is 13.1. The van der Waals surface area contributed by atoms with Crippen LogP contribution in [0.2, 0.25) is 0 Å². The molecule has 0 spiro atoms. The van der Waals surface area contributed by atoms with E-state index >= 15 is 0 Å². The number of pyridine rings is 1. The number of alkyl halides is 3. The van der Waals surface area contributed by atoms with Gasteiger partial charge < -0.3 is 10.3 Å². The first kappa shape index (κ1) is 16.1. The van der Waals surface area contributed by atoms with E-state index < -0.39 is 17.6 Å². The van der Waals surface area contributed by atoms with Crippen LogP contribution in [0, 0.1) is 0 Å². The van der Waals surface area contributed by atoms with Gasteiger partial charge in [0.25, 0.3) is 5.91 Å². The number of nitrogens with zero attached hydrogens (tertiary/aromatic N) is 2. The van der Waals surface area contributed by atoms with Crippen LogP contribution in [0.15, 0.2) is 54.7 Å². The number of carbonyl (C=O) groups is 1. The van der Waals surface area contributed by atoms with Crippen LogP contribution in [0.1, 0.15) is 16.2 Å². The van der Waals surface area contributed by atoms with Crippen LogP contribution in [-0.4, -0.2) is 20.9 Å². The van der Waals surface area contributed by atoms with Gasteiger partial charge >= 0.3 is 6.18 Å². The van der Waals surface area contributed by atoms with Crippen LogP contribution >= 0.6 is 0 Å². The van der Waals surface area contributed by atoms with Crippen LogP contribution < -0.4 is 5.32 Å². The number of fused-ring (bicyclic) bond motifs is 2. The molecule has 0 aliphatic rings. The van der Waals surface area contributed by atoms with Gasteiger partial charge in [0.05, 0.1) is 22.1 Å². The maximum Gasteiger partial charge on any atom is 0.416 e. The molecule has 130 valence electrons. The molecule has 0 saturated carbocycles. The molecular weight excluding hydrogens is 345 g/mol.